The molecule has 1 saturated carbocycles. The SMILES string of the molecule is Cc1ccccc1C(C)NC1CCCC1C1CCCCN1. The second kappa shape index (κ2) is 6.93. The van der Waals surface area contributed by atoms with Gasteiger partial charge in [0.15, 0.2) is 0 Å². The van der Waals surface area contributed by atoms with E-state index in [4.69, 9.17) is 0 Å². The lowest BCUT2D eigenvalue weighted by Gasteiger charge is -2.34. The Kier molecular flexibility index (Phi) is 4.97. The molecule has 0 bridgehead atoms. The molecule has 0 spiro atoms. The second-order valence-electron chi connectivity index (χ2n) is 7.00. The maximum absolute atomic E-state index is 3.94. The molecule has 1 aliphatic heterocycles. The van der Waals surface area contributed by atoms with Crippen LogP contribution in [0.25, 0.3) is 0 Å². The number of hydrogen-bond donors (Lipinski definition) is 2. The first-order valence-corrected chi connectivity index (χ1v) is 8.80. The highest BCUT2D eigenvalue weighted by Gasteiger charge is 2.34. The highest BCUT2D eigenvalue weighted by molar-refractivity contribution is 5.28. The molecule has 1 aromatic rings. The highest BCUT2D eigenvalue weighted by Crippen LogP contribution is 2.33. The maximum atomic E-state index is 3.94. The van der Waals surface area contributed by atoms with E-state index in [2.05, 4.69) is 48.7 Å². The normalized spacial score (nSPS) is 31.2. The van der Waals surface area contributed by atoms with Crippen LogP contribution < -0.4 is 10.6 Å². The van der Waals surface area contributed by atoms with Gasteiger partial charge in [0.2, 0.25) is 0 Å². The van der Waals surface area contributed by atoms with E-state index in [1.165, 1.54) is 56.2 Å². The summed E-state index contributed by atoms with van der Waals surface area (Å²) >= 11 is 0. The number of nitrogens with one attached hydrogen (secondary N) is 2. The van der Waals surface area contributed by atoms with Crippen LogP contribution in [0, 0.1) is 12.8 Å². The van der Waals surface area contributed by atoms with E-state index in [1.807, 2.05) is 0 Å². The van der Waals surface area contributed by atoms with E-state index in [9.17, 15) is 0 Å². The predicted molar refractivity (Wildman–Crippen MR) is 89.5 cm³/mol. The predicted octanol–water partition coefficient (Wildman–Crippen LogP) is 3.96. The van der Waals surface area contributed by atoms with E-state index in [0.29, 0.717) is 12.1 Å². The Hall–Kier alpha value is -0.860. The number of rotatable bonds is 4. The van der Waals surface area contributed by atoms with Crippen LogP contribution in [0.3, 0.4) is 0 Å². The molecule has 0 amide bonds. The summed E-state index contributed by atoms with van der Waals surface area (Å²) in [5, 5.41) is 7.72. The molecule has 2 N–H and O–H groups in total. The highest BCUT2D eigenvalue weighted by atomic mass is 15.0. The average Bonchev–Trinajstić information content (AvgIpc) is 2.96. The van der Waals surface area contributed by atoms with E-state index < -0.39 is 0 Å². The van der Waals surface area contributed by atoms with Crippen molar-refractivity contribution >= 4 is 0 Å². The minimum atomic E-state index is 0.459. The molecular weight excluding hydrogens is 256 g/mol. The zero-order valence-corrected chi connectivity index (χ0v) is 13.6. The minimum absolute atomic E-state index is 0.459. The van der Waals surface area contributed by atoms with Gasteiger partial charge in [-0.05, 0) is 63.1 Å². The van der Waals surface area contributed by atoms with Gasteiger partial charge in [-0.15, -0.1) is 0 Å². The van der Waals surface area contributed by atoms with Crippen LogP contribution in [0.4, 0.5) is 0 Å². The van der Waals surface area contributed by atoms with Crippen molar-refractivity contribution in [1.82, 2.24) is 10.6 Å². The summed E-state index contributed by atoms with van der Waals surface area (Å²) in [7, 11) is 0. The quantitative estimate of drug-likeness (QED) is 0.875. The zero-order chi connectivity index (χ0) is 14.7. The third-order valence-electron chi connectivity index (χ3n) is 5.55. The third kappa shape index (κ3) is 3.49. The average molecular weight is 286 g/mol. The molecule has 2 nitrogen and oxygen atoms in total. The summed E-state index contributed by atoms with van der Waals surface area (Å²) in [6, 6.07) is 10.7. The summed E-state index contributed by atoms with van der Waals surface area (Å²) in [4.78, 5) is 0. The molecule has 1 heterocycles. The molecule has 1 saturated heterocycles. The first-order valence-electron chi connectivity index (χ1n) is 8.80. The number of aryl methyl sites for hydroxylation is 1. The Bertz CT molecular complexity index is 451. The molecule has 0 radical (unpaired) electrons. The molecule has 116 valence electrons. The summed E-state index contributed by atoms with van der Waals surface area (Å²) in [5.41, 5.74) is 2.86. The van der Waals surface area contributed by atoms with Gasteiger partial charge in [0.1, 0.15) is 0 Å². The lowest BCUT2D eigenvalue weighted by molar-refractivity contribution is 0.248. The first kappa shape index (κ1) is 15.1. The molecule has 4 atom stereocenters. The molecule has 2 heteroatoms. The monoisotopic (exact) mass is 286 g/mol. The van der Waals surface area contributed by atoms with Gasteiger partial charge in [0.05, 0.1) is 0 Å². The molecule has 4 unspecified atom stereocenters. The van der Waals surface area contributed by atoms with Gasteiger partial charge < -0.3 is 10.6 Å². The Morgan fingerprint density at radius 1 is 1.10 bits per heavy atom. The van der Waals surface area contributed by atoms with Crippen LogP contribution in [0.15, 0.2) is 24.3 Å². The molecule has 0 aromatic heterocycles. The standard InChI is InChI=1S/C19H30N2/c1-14-8-3-4-9-16(14)15(2)21-19-12-7-10-17(19)18-11-5-6-13-20-18/h3-4,8-9,15,17-21H,5-7,10-13H2,1-2H3. The van der Waals surface area contributed by atoms with Crippen molar-refractivity contribution in [2.24, 2.45) is 5.92 Å². The molecule has 2 fully saturated rings. The Morgan fingerprint density at radius 2 is 1.95 bits per heavy atom. The second-order valence-corrected chi connectivity index (χ2v) is 7.00. The van der Waals surface area contributed by atoms with Gasteiger partial charge >= 0.3 is 0 Å². The van der Waals surface area contributed by atoms with Crippen molar-refractivity contribution in [2.75, 3.05) is 6.54 Å². The van der Waals surface area contributed by atoms with Crippen molar-refractivity contribution in [3.8, 4) is 0 Å². The van der Waals surface area contributed by atoms with Crippen LogP contribution in [0.5, 0.6) is 0 Å². The van der Waals surface area contributed by atoms with E-state index >= 15 is 0 Å². The van der Waals surface area contributed by atoms with Gasteiger partial charge in [0.25, 0.3) is 0 Å². The van der Waals surface area contributed by atoms with Gasteiger partial charge in [-0.25, -0.2) is 0 Å². The molecule has 1 aliphatic carbocycles. The van der Waals surface area contributed by atoms with Crippen molar-refractivity contribution in [2.45, 2.75) is 70.5 Å². The molecule has 1 aromatic carbocycles. The first-order chi connectivity index (χ1) is 10.3. The lowest BCUT2D eigenvalue weighted by Crippen LogP contribution is -2.47. The van der Waals surface area contributed by atoms with Crippen LogP contribution in [-0.2, 0) is 0 Å². The fourth-order valence-electron chi connectivity index (χ4n) is 4.41. The summed E-state index contributed by atoms with van der Waals surface area (Å²) in [6.07, 6.45) is 8.28. The van der Waals surface area contributed by atoms with Crippen molar-refractivity contribution in [3.05, 3.63) is 35.4 Å². The van der Waals surface area contributed by atoms with Gasteiger partial charge in [-0.3, -0.25) is 0 Å². The van der Waals surface area contributed by atoms with Crippen LogP contribution in [-0.4, -0.2) is 18.6 Å². The summed E-state index contributed by atoms with van der Waals surface area (Å²) < 4.78 is 0. The Labute approximate surface area is 129 Å². The van der Waals surface area contributed by atoms with Crippen molar-refractivity contribution in [1.29, 1.82) is 0 Å². The maximum Gasteiger partial charge on any atom is 0.0297 e. The van der Waals surface area contributed by atoms with Gasteiger partial charge in [-0.2, -0.15) is 0 Å². The smallest absolute Gasteiger partial charge is 0.0297 e. The van der Waals surface area contributed by atoms with Crippen LogP contribution in [0.1, 0.15) is 62.6 Å². The zero-order valence-electron chi connectivity index (χ0n) is 13.6. The molecule has 21 heavy (non-hydrogen) atoms. The fourth-order valence-corrected chi connectivity index (χ4v) is 4.41. The Morgan fingerprint density at radius 3 is 2.71 bits per heavy atom. The Balaban J connectivity index is 1.64. The topological polar surface area (TPSA) is 24.1 Å². The van der Waals surface area contributed by atoms with E-state index in [-0.39, 0.29) is 0 Å². The lowest BCUT2D eigenvalue weighted by atomic mass is 9.87. The third-order valence-corrected chi connectivity index (χ3v) is 5.55. The largest absolute Gasteiger partial charge is 0.314 e. The molecular formula is C19H30N2. The van der Waals surface area contributed by atoms with Crippen LogP contribution in [0.2, 0.25) is 0 Å². The van der Waals surface area contributed by atoms with E-state index in [1.54, 1.807) is 0 Å². The van der Waals surface area contributed by atoms with Gasteiger partial charge in [0, 0.05) is 18.1 Å². The van der Waals surface area contributed by atoms with Crippen molar-refractivity contribution < 1.29 is 0 Å². The van der Waals surface area contributed by atoms with Crippen molar-refractivity contribution in [3.63, 3.8) is 0 Å². The van der Waals surface area contributed by atoms with Crippen LogP contribution >= 0.6 is 0 Å². The van der Waals surface area contributed by atoms with Gasteiger partial charge in [-0.1, -0.05) is 37.1 Å². The molecule has 3 rings (SSSR count). The van der Waals surface area contributed by atoms with E-state index in [0.717, 1.165) is 12.0 Å². The molecule has 2 aliphatic rings. The minimum Gasteiger partial charge on any atom is -0.314 e. The number of hydrogen-bond acceptors (Lipinski definition) is 2. The summed E-state index contributed by atoms with van der Waals surface area (Å²) in [6.45, 7) is 5.77. The number of benzene rings is 1. The fraction of sp³-hybridized carbons (Fsp3) is 0.684. The number of piperidine rings is 1. The summed E-state index contributed by atoms with van der Waals surface area (Å²) in [5.74, 6) is 0.830.